The lowest BCUT2D eigenvalue weighted by molar-refractivity contribution is -0.274. The largest absolute Gasteiger partial charge is 0.573 e. The number of hydrogen-bond donors (Lipinski definition) is 0. The van der Waals surface area contributed by atoms with Crippen LogP contribution >= 0.6 is 11.6 Å². The van der Waals surface area contributed by atoms with E-state index in [9.17, 15) is 13.2 Å². The Labute approximate surface area is 118 Å². The molecule has 2 aromatic rings. The van der Waals surface area contributed by atoms with Crippen molar-refractivity contribution in [3.8, 4) is 22.9 Å². The van der Waals surface area contributed by atoms with Gasteiger partial charge in [-0.05, 0) is 23.8 Å². The Bertz CT molecular complexity index is 677. The fourth-order valence-electron chi connectivity index (χ4n) is 1.74. The van der Waals surface area contributed by atoms with E-state index in [1.54, 1.807) is 24.3 Å². The van der Waals surface area contributed by atoms with Crippen LogP contribution in [-0.4, -0.2) is 6.36 Å². The normalized spacial score (nSPS) is 10.9. The van der Waals surface area contributed by atoms with E-state index in [0.29, 0.717) is 11.1 Å². The molecule has 0 aromatic heterocycles. The average molecular weight is 298 g/mol. The van der Waals surface area contributed by atoms with Crippen LogP contribution in [0.2, 0.25) is 5.02 Å². The summed E-state index contributed by atoms with van der Waals surface area (Å²) in [5, 5.41) is 9.31. The molecule has 2 rings (SSSR count). The molecular formula is C14H7ClF3NO. The Morgan fingerprint density at radius 1 is 1.10 bits per heavy atom. The first kappa shape index (κ1) is 14.2. The SMILES string of the molecule is N#Cc1c(Cl)cccc1-c1cccc(OC(F)(F)F)c1. The first-order valence-corrected chi connectivity index (χ1v) is 5.83. The molecule has 0 atom stereocenters. The van der Waals surface area contributed by atoms with E-state index in [2.05, 4.69) is 4.74 Å². The standard InChI is InChI=1S/C14H7ClF3NO/c15-13-6-2-5-11(12(13)8-19)9-3-1-4-10(7-9)20-14(16,17)18/h1-7H. The molecule has 0 heterocycles. The van der Waals surface area contributed by atoms with Crippen molar-refractivity contribution >= 4 is 11.6 Å². The second-order valence-electron chi connectivity index (χ2n) is 3.85. The molecule has 0 unspecified atom stereocenters. The smallest absolute Gasteiger partial charge is 0.406 e. The van der Waals surface area contributed by atoms with Crippen LogP contribution in [-0.2, 0) is 0 Å². The summed E-state index contributed by atoms with van der Waals surface area (Å²) in [5.74, 6) is -0.348. The first-order chi connectivity index (χ1) is 9.40. The summed E-state index contributed by atoms with van der Waals surface area (Å²) < 4.78 is 40.4. The van der Waals surface area contributed by atoms with E-state index in [1.807, 2.05) is 6.07 Å². The molecule has 0 aliphatic carbocycles. The van der Waals surface area contributed by atoms with Crippen LogP contribution < -0.4 is 4.74 Å². The highest BCUT2D eigenvalue weighted by Crippen LogP contribution is 2.32. The second-order valence-corrected chi connectivity index (χ2v) is 4.26. The van der Waals surface area contributed by atoms with Gasteiger partial charge in [0.1, 0.15) is 11.8 Å². The monoisotopic (exact) mass is 297 g/mol. The van der Waals surface area contributed by atoms with Gasteiger partial charge in [0.25, 0.3) is 0 Å². The molecule has 0 saturated carbocycles. The molecular weight excluding hydrogens is 291 g/mol. The molecule has 0 aliphatic heterocycles. The number of nitriles is 1. The number of rotatable bonds is 2. The molecule has 6 heteroatoms. The average Bonchev–Trinajstić information content (AvgIpc) is 2.36. The van der Waals surface area contributed by atoms with Gasteiger partial charge in [-0.15, -0.1) is 13.2 Å². The topological polar surface area (TPSA) is 33.0 Å². The van der Waals surface area contributed by atoms with Gasteiger partial charge in [0.15, 0.2) is 0 Å². The van der Waals surface area contributed by atoms with Crippen LogP contribution in [0.4, 0.5) is 13.2 Å². The maximum atomic E-state index is 12.2. The second kappa shape index (κ2) is 5.43. The summed E-state index contributed by atoms with van der Waals surface area (Å²) >= 11 is 5.89. The molecule has 0 saturated heterocycles. The fourth-order valence-corrected chi connectivity index (χ4v) is 1.96. The molecule has 0 radical (unpaired) electrons. The Morgan fingerprint density at radius 3 is 2.45 bits per heavy atom. The molecule has 0 spiro atoms. The third kappa shape index (κ3) is 3.22. The van der Waals surface area contributed by atoms with E-state index in [1.165, 1.54) is 18.2 Å². The van der Waals surface area contributed by atoms with Gasteiger partial charge in [-0.3, -0.25) is 0 Å². The quantitative estimate of drug-likeness (QED) is 0.799. The summed E-state index contributed by atoms with van der Waals surface area (Å²) in [6.45, 7) is 0. The van der Waals surface area contributed by atoms with Crippen molar-refractivity contribution in [2.24, 2.45) is 0 Å². The van der Waals surface area contributed by atoms with Crippen LogP contribution in [0, 0.1) is 11.3 Å². The van der Waals surface area contributed by atoms with E-state index in [-0.39, 0.29) is 16.3 Å². The molecule has 102 valence electrons. The van der Waals surface area contributed by atoms with Crippen molar-refractivity contribution in [2.45, 2.75) is 6.36 Å². The van der Waals surface area contributed by atoms with Crippen molar-refractivity contribution in [1.82, 2.24) is 0 Å². The predicted octanol–water partition coefficient (Wildman–Crippen LogP) is 4.78. The van der Waals surface area contributed by atoms with Crippen LogP contribution in [0.25, 0.3) is 11.1 Å². The van der Waals surface area contributed by atoms with Crippen LogP contribution in [0.15, 0.2) is 42.5 Å². The molecule has 0 bridgehead atoms. The Balaban J connectivity index is 2.47. The summed E-state index contributed by atoms with van der Waals surface area (Å²) in [5.41, 5.74) is 1.08. The number of hydrogen-bond acceptors (Lipinski definition) is 2. The van der Waals surface area contributed by atoms with E-state index >= 15 is 0 Å². The number of nitrogens with zero attached hydrogens (tertiary/aromatic N) is 1. The molecule has 0 fully saturated rings. The third-order valence-corrected chi connectivity index (χ3v) is 2.82. The zero-order valence-corrected chi connectivity index (χ0v) is 10.7. The highest BCUT2D eigenvalue weighted by Gasteiger charge is 2.31. The molecule has 2 aromatic carbocycles. The molecule has 0 aliphatic rings. The molecule has 0 amide bonds. The van der Waals surface area contributed by atoms with Gasteiger partial charge in [-0.2, -0.15) is 5.26 Å². The van der Waals surface area contributed by atoms with E-state index < -0.39 is 6.36 Å². The van der Waals surface area contributed by atoms with E-state index in [0.717, 1.165) is 0 Å². The van der Waals surface area contributed by atoms with Crippen molar-refractivity contribution in [3.63, 3.8) is 0 Å². The number of halogens is 4. The summed E-state index contributed by atoms with van der Waals surface area (Å²) in [6.07, 6.45) is -4.76. The number of ether oxygens (including phenoxy) is 1. The Hall–Kier alpha value is -2.19. The van der Waals surface area contributed by atoms with Crippen LogP contribution in [0.5, 0.6) is 5.75 Å². The maximum absolute atomic E-state index is 12.2. The Kier molecular flexibility index (Phi) is 3.86. The lowest BCUT2D eigenvalue weighted by Crippen LogP contribution is -2.17. The van der Waals surface area contributed by atoms with Crippen molar-refractivity contribution in [2.75, 3.05) is 0 Å². The minimum atomic E-state index is -4.76. The maximum Gasteiger partial charge on any atom is 0.573 e. The van der Waals surface area contributed by atoms with Crippen LogP contribution in [0.1, 0.15) is 5.56 Å². The molecule has 2 nitrogen and oxygen atoms in total. The van der Waals surface area contributed by atoms with Crippen molar-refractivity contribution < 1.29 is 17.9 Å². The zero-order chi connectivity index (χ0) is 14.8. The fraction of sp³-hybridized carbons (Fsp3) is 0.0714. The lowest BCUT2D eigenvalue weighted by Gasteiger charge is -2.11. The van der Waals surface area contributed by atoms with Gasteiger partial charge in [-0.1, -0.05) is 35.9 Å². The molecule has 0 N–H and O–H groups in total. The van der Waals surface area contributed by atoms with Gasteiger partial charge in [0.2, 0.25) is 0 Å². The third-order valence-electron chi connectivity index (χ3n) is 2.50. The van der Waals surface area contributed by atoms with E-state index in [4.69, 9.17) is 16.9 Å². The van der Waals surface area contributed by atoms with Gasteiger partial charge in [-0.25, -0.2) is 0 Å². The lowest BCUT2D eigenvalue weighted by atomic mass is 10.0. The minimum absolute atomic E-state index is 0.207. The molecule has 20 heavy (non-hydrogen) atoms. The van der Waals surface area contributed by atoms with Crippen molar-refractivity contribution in [3.05, 3.63) is 53.1 Å². The summed E-state index contributed by atoms with van der Waals surface area (Å²) in [6, 6.07) is 12.1. The number of alkyl halides is 3. The van der Waals surface area contributed by atoms with Gasteiger partial charge >= 0.3 is 6.36 Å². The highest BCUT2D eigenvalue weighted by molar-refractivity contribution is 6.32. The van der Waals surface area contributed by atoms with Crippen LogP contribution in [0.3, 0.4) is 0 Å². The first-order valence-electron chi connectivity index (χ1n) is 5.45. The summed E-state index contributed by atoms with van der Waals surface area (Å²) in [4.78, 5) is 0. The van der Waals surface area contributed by atoms with Gasteiger partial charge in [0, 0.05) is 5.56 Å². The number of benzene rings is 2. The zero-order valence-electron chi connectivity index (χ0n) is 9.91. The van der Waals surface area contributed by atoms with Gasteiger partial charge < -0.3 is 4.74 Å². The highest BCUT2D eigenvalue weighted by atomic mass is 35.5. The van der Waals surface area contributed by atoms with Gasteiger partial charge in [0.05, 0.1) is 10.6 Å². The summed E-state index contributed by atoms with van der Waals surface area (Å²) in [7, 11) is 0. The minimum Gasteiger partial charge on any atom is -0.406 e. The Morgan fingerprint density at radius 2 is 1.80 bits per heavy atom. The van der Waals surface area contributed by atoms with Crippen molar-refractivity contribution in [1.29, 1.82) is 5.26 Å². The predicted molar refractivity (Wildman–Crippen MR) is 68.3 cm³/mol.